The highest BCUT2D eigenvalue weighted by atomic mass is 32.1. The molecule has 7 heteroatoms. The summed E-state index contributed by atoms with van der Waals surface area (Å²) in [6, 6.07) is 0. The molecule has 1 heterocycles. The molecule has 0 spiro atoms. The number of carboxylic acid groups (broad SMARTS) is 1. The van der Waals surface area contributed by atoms with Gasteiger partial charge in [-0.25, -0.2) is 14.6 Å². The first kappa shape index (κ1) is 13.4. The zero-order valence-electron chi connectivity index (χ0n) is 9.81. The minimum absolute atomic E-state index is 0.144. The van der Waals surface area contributed by atoms with Crippen LogP contribution in [-0.2, 0) is 11.3 Å². The Morgan fingerprint density at radius 1 is 1.53 bits per heavy atom. The Labute approximate surface area is 103 Å². The molecule has 0 aliphatic carbocycles. The second-order valence-electron chi connectivity index (χ2n) is 4.28. The van der Waals surface area contributed by atoms with Gasteiger partial charge in [0, 0.05) is 0 Å². The first-order chi connectivity index (χ1) is 7.78. The minimum Gasteiger partial charge on any atom is -0.477 e. The molecule has 1 aromatic heterocycles. The summed E-state index contributed by atoms with van der Waals surface area (Å²) >= 11 is 1.02. The molecular formula is C10H14N2O4S. The van der Waals surface area contributed by atoms with Gasteiger partial charge in [-0.1, -0.05) is 0 Å². The molecule has 0 aromatic carbocycles. The van der Waals surface area contributed by atoms with Gasteiger partial charge in [0.2, 0.25) is 0 Å². The quantitative estimate of drug-likeness (QED) is 0.864. The lowest BCUT2D eigenvalue weighted by Crippen LogP contribution is -2.32. The molecule has 94 valence electrons. The van der Waals surface area contributed by atoms with E-state index in [1.807, 2.05) is 0 Å². The number of carbonyl (C=O) groups excluding carboxylic acids is 1. The number of hydrogen-bond acceptors (Lipinski definition) is 5. The van der Waals surface area contributed by atoms with Crippen molar-refractivity contribution in [1.29, 1.82) is 0 Å². The van der Waals surface area contributed by atoms with Crippen LogP contribution in [0.15, 0.2) is 6.20 Å². The second-order valence-corrected chi connectivity index (χ2v) is 5.39. The summed E-state index contributed by atoms with van der Waals surface area (Å²) in [4.78, 5) is 25.9. The third kappa shape index (κ3) is 4.81. The van der Waals surface area contributed by atoms with Gasteiger partial charge in [-0.05, 0) is 20.8 Å². The summed E-state index contributed by atoms with van der Waals surface area (Å²) < 4.78 is 5.02. The first-order valence-electron chi connectivity index (χ1n) is 4.93. The van der Waals surface area contributed by atoms with Gasteiger partial charge in [-0.2, -0.15) is 0 Å². The fourth-order valence-electron chi connectivity index (χ4n) is 0.953. The van der Waals surface area contributed by atoms with Gasteiger partial charge < -0.3 is 15.2 Å². The lowest BCUT2D eigenvalue weighted by atomic mass is 10.2. The Morgan fingerprint density at radius 3 is 2.65 bits per heavy atom. The Bertz CT molecular complexity index is 422. The van der Waals surface area contributed by atoms with Gasteiger partial charge in [0.05, 0.1) is 12.7 Å². The maximum absolute atomic E-state index is 11.3. The van der Waals surface area contributed by atoms with Crippen LogP contribution in [0.5, 0.6) is 0 Å². The summed E-state index contributed by atoms with van der Waals surface area (Å²) in [7, 11) is 0. The van der Waals surface area contributed by atoms with Crippen LogP contribution in [0.4, 0.5) is 4.79 Å². The number of aromatic nitrogens is 1. The van der Waals surface area contributed by atoms with Crippen molar-refractivity contribution in [1.82, 2.24) is 10.3 Å². The molecule has 0 aliphatic heterocycles. The Balaban J connectivity index is 2.45. The average Bonchev–Trinajstić information content (AvgIpc) is 2.60. The van der Waals surface area contributed by atoms with Crippen LogP contribution in [0.2, 0.25) is 0 Å². The predicted octanol–water partition coefficient (Wildman–Crippen LogP) is 1.87. The van der Waals surface area contributed by atoms with Gasteiger partial charge in [0.15, 0.2) is 0 Å². The Kier molecular flexibility index (Phi) is 4.06. The average molecular weight is 258 g/mol. The highest BCUT2D eigenvalue weighted by molar-refractivity contribution is 7.13. The molecule has 1 amide bonds. The van der Waals surface area contributed by atoms with Gasteiger partial charge in [-0.15, -0.1) is 11.3 Å². The summed E-state index contributed by atoms with van der Waals surface area (Å²) in [6.07, 6.45) is 0.712. The molecule has 0 radical (unpaired) electrons. The van der Waals surface area contributed by atoms with E-state index in [0.717, 1.165) is 11.3 Å². The highest BCUT2D eigenvalue weighted by Crippen LogP contribution is 2.13. The smallest absolute Gasteiger partial charge is 0.408 e. The van der Waals surface area contributed by atoms with Gasteiger partial charge >= 0.3 is 12.1 Å². The fourth-order valence-corrected chi connectivity index (χ4v) is 1.65. The molecule has 0 unspecified atom stereocenters. The van der Waals surface area contributed by atoms with Crippen LogP contribution in [-0.4, -0.2) is 27.8 Å². The van der Waals surface area contributed by atoms with E-state index in [2.05, 4.69) is 10.3 Å². The van der Waals surface area contributed by atoms with Crippen LogP contribution >= 0.6 is 11.3 Å². The summed E-state index contributed by atoms with van der Waals surface area (Å²) in [5.41, 5.74) is -0.556. The van der Waals surface area contributed by atoms with Crippen LogP contribution in [0.1, 0.15) is 35.5 Å². The Hall–Kier alpha value is -1.63. The highest BCUT2D eigenvalue weighted by Gasteiger charge is 2.16. The number of rotatable bonds is 3. The number of carbonyl (C=O) groups is 2. The van der Waals surface area contributed by atoms with Crippen molar-refractivity contribution in [3.05, 3.63) is 16.1 Å². The van der Waals surface area contributed by atoms with Crippen molar-refractivity contribution in [3.8, 4) is 0 Å². The van der Waals surface area contributed by atoms with Gasteiger partial charge in [0.1, 0.15) is 15.5 Å². The number of thiazole rings is 1. The number of hydrogen-bond donors (Lipinski definition) is 2. The van der Waals surface area contributed by atoms with Crippen LogP contribution in [0.25, 0.3) is 0 Å². The van der Waals surface area contributed by atoms with Crippen molar-refractivity contribution in [2.75, 3.05) is 0 Å². The third-order valence-corrected chi connectivity index (χ3v) is 2.53. The Morgan fingerprint density at radius 2 is 2.18 bits per heavy atom. The SMILES string of the molecule is CC(C)(C)OC(=O)NCc1ncc(C(=O)O)s1. The summed E-state index contributed by atoms with van der Waals surface area (Å²) in [5.74, 6) is -1.02. The molecular weight excluding hydrogens is 244 g/mol. The molecule has 0 saturated heterocycles. The summed E-state index contributed by atoms with van der Waals surface area (Å²) in [6.45, 7) is 5.45. The van der Waals surface area contributed by atoms with E-state index in [4.69, 9.17) is 9.84 Å². The van der Waals surface area contributed by atoms with Crippen LogP contribution in [0.3, 0.4) is 0 Å². The van der Waals surface area contributed by atoms with Crippen LogP contribution in [0, 0.1) is 0 Å². The predicted molar refractivity (Wildman–Crippen MR) is 62.1 cm³/mol. The molecule has 0 saturated carbocycles. The van der Waals surface area contributed by atoms with E-state index in [0.29, 0.717) is 5.01 Å². The second kappa shape index (κ2) is 5.13. The van der Waals surface area contributed by atoms with E-state index in [1.165, 1.54) is 6.20 Å². The molecule has 0 aliphatic rings. The number of aromatic carboxylic acids is 1. The topological polar surface area (TPSA) is 88.5 Å². The van der Waals surface area contributed by atoms with E-state index >= 15 is 0 Å². The van der Waals surface area contributed by atoms with E-state index in [1.54, 1.807) is 20.8 Å². The van der Waals surface area contributed by atoms with E-state index in [-0.39, 0.29) is 11.4 Å². The van der Waals surface area contributed by atoms with Crippen molar-refractivity contribution in [2.45, 2.75) is 32.9 Å². The molecule has 17 heavy (non-hydrogen) atoms. The van der Waals surface area contributed by atoms with Crippen molar-refractivity contribution < 1.29 is 19.4 Å². The number of carboxylic acids is 1. The van der Waals surface area contributed by atoms with Crippen molar-refractivity contribution in [3.63, 3.8) is 0 Å². The molecule has 0 bridgehead atoms. The monoisotopic (exact) mass is 258 g/mol. The van der Waals surface area contributed by atoms with Gasteiger partial charge in [-0.3, -0.25) is 0 Å². The summed E-state index contributed by atoms with van der Waals surface area (Å²) in [5, 5.41) is 11.7. The number of nitrogens with zero attached hydrogens (tertiary/aromatic N) is 1. The van der Waals surface area contributed by atoms with Gasteiger partial charge in [0.25, 0.3) is 0 Å². The number of nitrogens with one attached hydrogen (secondary N) is 1. The normalized spacial score (nSPS) is 11.0. The molecule has 2 N–H and O–H groups in total. The maximum Gasteiger partial charge on any atom is 0.408 e. The van der Waals surface area contributed by atoms with Crippen molar-refractivity contribution >= 4 is 23.4 Å². The maximum atomic E-state index is 11.3. The first-order valence-corrected chi connectivity index (χ1v) is 5.74. The number of alkyl carbamates (subject to hydrolysis) is 1. The number of ether oxygens (including phenoxy) is 1. The largest absolute Gasteiger partial charge is 0.477 e. The number of amides is 1. The molecule has 6 nitrogen and oxygen atoms in total. The fraction of sp³-hybridized carbons (Fsp3) is 0.500. The molecule has 1 aromatic rings. The minimum atomic E-state index is -1.02. The van der Waals surface area contributed by atoms with Crippen molar-refractivity contribution in [2.24, 2.45) is 0 Å². The van der Waals surface area contributed by atoms with E-state index < -0.39 is 17.7 Å². The molecule has 1 rings (SSSR count). The third-order valence-electron chi connectivity index (χ3n) is 1.55. The standard InChI is InChI=1S/C10H14N2O4S/c1-10(2,3)16-9(15)12-5-7-11-4-6(17-7)8(13)14/h4H,5H2,1-3H3,(H,12,15)(H,13,14). The van der Waals surface area contributed by atoms with E-state index in [9.17, 15) is 9.59 Å². The lowest BCUT2D eigenvalue weighted by Gasteiger charge is -2.19. The zero-order valence-corrected chi connectivity index (χ0v) is 10.6. The van der Waals surface area contributed by atoms with Crippen LogP contribution < -0.4 is 5.32 Å². The molecule has 0 fully saturated rings. The zero-order chi connectivity index (χ0) is 13.1. The lowest BCUT2D eigenvalue weighted by molar-refractivity contribution is 0.0523. The molecule has 0 atom stereocenters.